The molecule has 0 spiro atoms. The summed E-state index contributed by atoms with van der Waals surface area (Å²) in [5.74, 6) is 1.84. The minimum absolute atomic E-state index is 0.648. The maximum absolute atomic E-state index is 5.42. The standard InChI is InChI=1S/C17H29N3O2S/c1-15-5-7-16(8-6-15)23-14-10-20-17(18-2)19-9-4-11-22-13-12-21-3/h5-8H,4,9-14H2,1-3H3,(H2,18,19,20). The van der Waals surface area contributed by atoms with Gasteiger partial charge in [-0.25, -0.2) is 0 Å². The van der Waals surface area contributed by atoms with E-state index in [4.69, 9.17) is 9.47 Å². The zero-order valence-corrected chi connectivity index (χ0v) is 15.2. The Morgan fingerprint density at radius 3 is 2.52 bits per heavy atom. The largest absolute Gasteiger partial charge is 0.382 e. The molecule has 0 aliphatic carbocycles. The van der Waals surface area contributed by atoms with E-state index in [1.807, 2.05) is 11.8 Å². The lowest BCUT2D eigenvalue weighted by molar-refractivity contribution is 0.0698. The van der Waals surface area contributed by atoms with Crippen LogP contribution >= 0.6 is 11.8 Å². The molecule has 0 aliphatic rings. The highest BCUT2D eigenvalue weighted by molar-refractivity contribution is 7.99. The van der Waals surface area contributed by atoms with Gasteiger partial charge in [0.2, 0.25) is 0 Å². The van der Waals surface area contributed by atoms with Gasteiger partial charge >= 0.3 is 0 Å². The van der Waals surface area contributed by atoms with Crippen molar-refractivity contribution < 1.29 is 9.47 Å². The molecular weight excluding hydrogens is 310 g/mol. The Morgan fingerprint density at radius 1 is 1.09 bits per heavy atom. The first kappa shape index (κ1) is 19.8. The minimum atomic E-state index is 0.648. The fraction of sp³-hybridized carbons (Fsp3) is 0.588. The van der Waals surface area contributed by atoms with E-state index in [1.165, 1.54) is 10.5 Å². The highest BCUT2D eigenvalue weighted by atomic mass is 32.2. The number of aryl methyl sites for hydroxylation is 1. The molecule has 0 amide bonds. The van der Waals surface area contributed by atoms with Crippen molar-refractivity contribution in [3.8, 4) is 0 Å². The highest BCUT2D eigenvalue weighted by Crippen LogP contribution is 2.17. The Balaban J connectivity index is 2.04. The van der Waals surface area contributed by atoms with Crippen LogP contribution in [0.5, 0.6) is 0 Å². The van der Waals surface area contributed by atoms with E-state index in [2.05, 4.69) is 46.8 Å². The summed E-state index contributed by atoms with van der Waals surface area (Å²) in [4.78, 5) is 5.52. The van der Waals surface area contributed by atoms with Gasteiger partial charge in [-0.05, 0) is 25.5 Å². The van der Waals surface area contributed by atoms with Crippen molar-refractivity contribution in [2.45, 2.75) is 18.2 Å². The van der Waals surface area contributed by atoms with Gasteiger partial charge in [-0.2, -0.15) is 0 Å². The number of methoxy groups -OCH3 is 1. The monoisotopic (exact) mass is 339 g/mol. The molecule has 0 aromatic heterocycles. The van der Waals surface area contributed by atoms with Gasteiger partial charge < -0.3 is 20.1 Å². The molecule has 0 bridgehead atoms. The summed E-state index contributed by atoms with van der Waals surface area (Å²) in [6.45, 7) is 5.86. The van der Waals surface area contributed by atoms with Crippen LogP contribution in [0.3, 0.4) is 0 Å². The summed E-state index contributed by atoms with van der Waals surface area (Å²) in [6.07, 6.45) is 0.947. The summed E-state index contributed by atoms with van der Waals surface area (Å²) in [5, 5.41) is 6.60. The van der Waals surface area contributed by atoms with Gasteiger partial charge in [0.15, 0.2) is 5.96 Å². The van der Waals surface area contributed by atoms with Crippen LogP contribution in [0.1, 0.15) is 12.0 Å². The van der Waals surface area contributed by atoms with Crippen molar-refractivity contribution in [1.29, 1.82) is 0 Å². The van der Waals surface area contributed by atoms with E-state index in [0.717, 1.165) is 37.8 Å². The molecule has 0 heterocycles. The summed E-state index contributed by atoms with van der Waals surface area (Å²) in [6, 6.07) is 8.61. The van der Waals surface area contributed by atoms with Crippen molar-refractivity contribution in [2.24, 2.45) is 4.99 Å². The van der Waals surface area contributed by atoms with Crippen molar-refractivity contribution in [1.82, 2.24) is 10.6 Å². The molecule has 0 saturated heterocycles. The smallest absolute Gasteiger partial charge is 0.191 e. The fourth-order valence-corrected chi connectivity index (χ4v) is 2.59. The molecule has 0 saturated carbocycles. The van der Waals surface area contributed by atoms with E-state index in [1.54, 1.807) is 14.2 Å². The number of hydrogen-bond donors (Lipinski definition) is 2. The van der Waals surface area contributed by atoms with Crippen LogP contribution < -0.4 is 10.6 Å². The molecule has 0 radical (unpaired) electrons. The van der Waals surface area contributed by atoms with Crippen LogP contribution in [-0.2, 0) is 9.47 Å². The lowest BCUT2D eigenvalue weighted by Gasteiger charge is -2.12. The zero-order chi connectivity index (χ0) is 16.8. The number of benzene rings is 1. The number of hydrogen-bond acceptors (Lipinski definition) is 4. The third-order valence-electron chi connectivity index (χ3n) is 3.10. The molecule has 5 nitrogen and oxygen atoms in total. The number of guanidine groups is 1. The second-order valence-electron chi connectivity index (χ2n) is 5.05. The van der Waals surface area contributed by atoms with Gasteiger partial charge in [0.05, 0.1) is 13.2 Å². The van der Waals surface area contributed by atoms with Gasteiger partial charge in [0.25, 0.3) is 0 Å². The molecule has 0 aliphatic heterocycles. The number of nitrogens with zero attached hydrogens (tertiary/aromatic N) is 1. The lowest BCUT2D eigenvalue weighted by Crippen LogP contribution is -2.39. The summed E-state index contributed by atoms with van der Waals surface area (Å²) in [7, 11) is 3.47. The molecule has 1 aromatic carbocycles. The molecule has 6 heteroatoms. The SMILES string of the molecule is CN=C(NCCCOCCOC)NCCSc1ccc(C)cc1. The van der Waals surface area contributed by atoms with Crippen LogP contribution in [0.25, 0.3) is 0 Å². The first-order chi connectivity index (χ1) is 11.3. The molecule has 1 aromatic rings. The van der Waals surface area contributed by atoms with E-state index in [-0.39, 0.29) is 0 Å². The van der Waals surface area contributed by atoms with E-state index in [9.17, 15) is 0 Å². The Morgan fingerprint density at radius 2 is 1.83 bits per heavy atom. The van der Waals surface area contributed by atoms with Gasteiger partial charge in [-0.3, -0.25) is 4.99 Å². The van der Waals surface area contributed by atoms with Crippen LogP contribution in [-0.4, -0.2) is 58.8 Å². The average Bonchev–Trinajstić information content (AvgIpc) is 2.57. The number of ether oxygens (including phenoxy) is 2. The molecule has 1 rings (SSSR count). The van der Waals surface area contributed by atoms with Crippen molar-refractivity contribution in [2.75, 3.05) is 52.8 Å². The molecule has 0 fully saturated rings. The maximum atomic E-state index is 5.42. The third-order valence-corrected chi connectivity index (χ3v) is 4.11. The summed E-state index contributed by atoms with van der Waals surface area (Å²) < 4.78 is 10.3. The number of aliphatic imine (C=N–C) groups is 1. The van der Waals surface area contributed by atoms with E-state index in [0.29, 0.717) is 13.2 Å². The Kier molecular flexibility index (Phi) is 11.4. The van der Waals surface area contributed by atoms with Crippen LogP contribution in [0.2, 0.25) is 0 Å². The first-order valence-electron chi connectivity index (χ1n) is 7.97. The Bertz CT molecular complexity index is 438. The molecule has 23 heavy (non-hydrogen) atoms. The predicted molar refractivity (Wildman–Crippen MR) is 98.6 cm³/mol. The average molecular weight is 340 g/mol. The Hall–Kier alpha value is -1.24. The third kappa shape index (κ3) is 10.2. The van der Waals surface area contributed by atoms with Crippen LogP contribution in [0.4, 0.5) is 0 Å². The van der Waals surface area contributed by atoms with Gasteiger partial charge in [0, 0.05) is 44.5 Å². The van der Waals surface area contributed by atoms with Gasteiger partial charge in [-0.1, -0.05) is 17.7 Å². The predicted octanol–water partition coefficient (Wildman–Crippen LogP) is 2.31. The molecule has 130 valence electrons. The topological polar surface area (TPSA) is 54.9 Å². The fourth-order valence-electron chi connectivity index (χ4n) is 1.82. The second kappa shape index (κ2) is 13.2. The molecule has 2 N–H and O–H groups in total. The second-order valence-corrected chi connectivity index (χ2v) is 6.21. The van der Waals surface area contributed by atoms with Crippen molar-refractivity contribution in [3.05, 3.63) is 29.8 Å². The van der Waals surface area contributed by atoms with Crippen LogP contribution in [0, 0.1) is 6.92 Å². The number of thioether (sulfide) groups is 1. The highest BCUT2D eigenvalue weighted by Gasteiger charge is 1.98. The number of rotatable bonds is 11. The van der Waals surface area contributed by atoms with Crippen LogP contribution in [0.15, 0.2) is 34.2 Å². The zero-order valence-electron chi connectivity index (χ0n) is 14.4. The summed E-state index contributed by atoms with van der Waals surface area (Å²) in [5.41, 5.74) is 1.29. The minimum Gasteiger partial charge on any atom is -0.382 e. The number of nitrogens with one attached hydrogen (secondary N) is 2. The van der Waals surface area contributed by atoms with E-state index >= 15 is 0 Å². The molecule has 0 atom stereocenters. The normalized spacial score (nSPS) is 11.5. The quantitative estimate of drug-likeness (QED) is 0.280. The van der Waals surface area contributed by atoms with Gasteiger partial charge in [0.1, 0.15) is 0 Å². The summed E-state index contributed by atoms with van der Waals surface area (Å²) >= 11 is 1.84. The molecular formula is C17H29N3O2S. The molecule has 0 unspecified atom stereocenters. The Labute approximate surface area is 144 Å². The maximum Gasteiger partial charge on any atom is 0.191 e. The lowest BCUT2D eigenvalue weighted by atomic mass is 10.2. The van der Waals surface area contributed by atoms with Gasteiger partial charge in [-0.15, -0.1) is 11.8 Å². The first-order valence-corrected chi connectivity index (χ1v) is 8.95. The van der Waals surface area contributed by atoms with Crippen molar-refractivity contribution >= 4 is 17.7 Å². The van der Waals surface area contributed by atoms with Crippen molar-refractivity contribution in [3.63, 3.8) is 0 Å². The van der Waals surface area contributed by atoms with E-state index < -0.39 is 0 Å².